The minimum atomic E-state index is -0.743. The van der Waals surface area contributed by atoms with E-state index in [1.165, 1.54) is 30.6 Å². The van der Waals surface area contributed by atoms with E-state index < -0.39 is 16.8 Å². The van der Waals surface area contributed by atoms with Gasteiger partial charge in [-0.2, -0.15) is 4.99 Å². The van der Waals surface area contributed by atoms with Crippen molar-refractivity contribution in [2.24, 2.45) is 4.99 Å². The topological polar surface area (TPSA) is 122 Å². The molecule has 1 aromatic heterocycles. The molecule has 0 atom stereocenters. The monoisotopic (exact) mass is 463 g/mol. The van der Waals surface area contributed by atoms with Crippen molar-refractivity contribution in [2.75, 3.05) is 13.9 Å². The molecule has 1 aliphatic heterocycles. The molecule has 12 heteroatoms. The third-order valence-electron chi connectivity index (χ3n) is 4.53. The molecule has 0 radical (unpaired) electrons. The molecule has 160 valence electrons. The molecule has 0 N–H and O–H groups in total. The number of benzene rings is 2. The van der Waals surface area contributed by atoms with E-state index in [2.05, 4.69) is 4.99 Å². The number of hydrogen-bond acceptors (Lipinski definition) is 8. The van der Waals surface area contributed by atoms with E-state index in [1.54, 1.807) is 16.7 Å². The minimum absolute atomic E-state index is 0.0438. The molecule has 1 amide bonds. The van der Waals surface area contributed by atoms with Gasteiger partial charge < -0.3 is 18.8 Å². The molecule has 4 rings (SSSR count). The van der Waals surface area contributed by atoms with Crippen LogP contribution in [0.5, 0.6) is 11.5 Å². The van der Waals surface area contributed by atoms with Crippen molar-refractivity contribution in [1.82, 2.24) is 4.57 Å². The lowest BCUT2D eigenvalue weighted by Gasteiger charge is -2.05. The highest BCUT2D eigenvalue weighted by Crippen LogP contribution is 2.37. The van der Waals surface area contributed by atoms with Gasteiger partial charge >= 0.3 is 5.97 Å². The summed E-state index contributed by atoms with van der Waals surface area (Å²) in [5.74, 6) is -0.0658. The Morgan fingerprint density at radius 2 is 2.03 bits per heavy atom. The number of methoxy groups -OCH3 is 1. The summed E-state index contributed by atoms with van der Waals surface area (Å²) in [5, 5.41) is 11.1. The second-order valence-electron chi connectivity index (χ2n) is 6.37. The number of rotatable bonds is 5. The summed E-state index contributed by atoms with van der Waals surface area (Å²) in [7, 11) is 1.29. The Kier molecular flexibility index (Phi) is 5.61. The van der Waals surface area contributed by atoms with Gasteiger partial charge in [-0.3, -0.25) is 19.7 Å². The van der Waals surface area contributed by atoms with Gasteiger partial charge in [-0.25, -0.2) is 0 Å². The van der Waals surface area contributed by atoms with Crippen LogP contribution in [0.3, 0.4) is 0 Å². The summed E-state index contributed by atoms with van der Waals surface area (Å²) in [4.78, 5) is 39.3. The number of halogens is 1. The molecule has 3 aromatic rings. The van der Waals surface area contributed by atoms with E-state index in [0.29, 0.717) is 17.0 Å². The van der Waals surface area contributed by atoms with E-state index >= 15 is 0 Å². The van der Waals surface area contributed by atoms with Gasteiger partial charge in [-0.1, -0.05) is 22.9 Å². The van der Waals surface area contributed by atoms with Gasteiger partial charge in [0.05, 0.1) is 39.3 Å². The van der Waals surface area contributed by atoms with Crippen molar-refractivity contribution in [2.45, 2.75) is 13.0 Å². The molecule has 0 saturated carbocycles. The summed E-state index contributed by atoms with van der Waals surface area (Å²) in [5.41, 5.74) is 0.320. The molecular formula is C19H14ClN3O7S. The fraction of sp³-hybridized carbons (Fsp3) is 0.211. The van der Waals surface area contributed by atoms with Crippen LogP contribution in [0.25, 0.3) is 10.2 Å². The highest BCUT2D eigenvalue weighted by Gasteiger charge is 2.20. The number of ether oxygens (including phenoxy) is 3. The lowest BCUT2D eigenvalue weighted by atomic mass is 10.2. The van der Waals surface area contributed by atoms with Crippen molar-refractivity contribution in [3.05, 3.63) is 55.8 Å². The van der Waals surface area contributed by atoms with Crippen molar-refractivity contribution in [1.29, 1.82) is 0 Å². The zero-order valence-corrected chi connectivity index (χ0v) is 17.6. The van der Waals surface area contributed by atoms with Crippen LogP contribution < -0.4 is 14.3 Å². The number of nitro groups is 1. The van der Waals surface area contributed by atoms with Crippen molar-refractivity contribution >= 4 is 50.7 Å². The zero-order chi connectivity index (χ0) is 22.1. The Morgan fingerprint density at radius 3 is 2.74 bits per heavy atom. The maximum Gasteiger partial charge on any atom is 0.307 e. The van der Waals surface area contributed by atoms with E-state index in [4.69, 9.17) is 25.8 Å². The fourth-order valence-corrected chi connectivity index (χ4v) is 4.27. The number of carbonyl (C=O) groups is 2. The number of thiazole rings is 1. The van der Waals surface area contributed by atoms with Gasteiger partial charge in [0.15, 0.2) is 16.3 Å². The molecule has 0 fully saturated rings. The van der Waals surface area contributed by atoms with Crippen LogP contribution in [-0.2, 0) is 16.1 Å². The smallest absolute Gasteiger partial charge is 0.307 e. The number of aromatic nitrogens is 1. The maximum atomic E-state index is 12.8. The summed E-state index contributed by atoms with van der Waals surface area (Å²) in [6.45, 7) is 0.302. The molecule has 0 spiro atoms. The Labute approximate surface area is 183 Å². The van der Waals surface area contributed by atoms with E-state index in [-0.39, 0.29) is 40.8 Å². The maximum absolute atomic E-state index is 12.8. The Bertz CT molecular complexity index is 1300. The standard InChI is InChI=1S/C19H14ClN3O7S/c1-28-17(24)4-5-22-13-7-14-15(30-9-29-14)8-16(13)31-19(22)21-18(25)11-6-10(23(26)27)2-3-12(11)20/h2-3,6-8H,4-5,9H2,1H3. The van der Waals surface area contributed by atoms with E-state index in [1.807, 2.05) is 0 Å². The minimum Gasteiger partial charge on any atom is -0.469 e. The second kappa shape index (κ2) is 8.36. The van der Waals surface area contributed by atoms with Crippen LogP contribution in [0.1, 0.15) is 16.8 Å². The van der Waals surface area contributed by atoms with Crippen LogP contribution in [0.4, 0.5) is 5.69 Å². The normalized spacial score (nSPS) is 12.9. The number of aryl methyl sites for hydroxylation is 1. The second-order valence-corrected chi connectivity index (χ2v) is 7.79. The number of nitro benzene ring substituents is 1. The van der Waals surface area contributed by atoms with Crippen molar-refractivity contribution < 1.29 is 28.7 Å². The molecule has 0 bridgehead atoms. The highest BCUT2D eigenvalue weighted by atomic mass is 35.5. The van der Waals surface area contributed by atoms with Crippen LogP contribution >= 0.6 is 22.9 Å². The summed E-state index contributed by atoms with van der Waals surface area (Å²) < 4.78 is 18.0. The fourth-order valence-electron chi connectivity index (χ4n) is 3.00. The Hall–Kier alpha value is -3.44. The van der Waals surface area contributed by atoms with Crippen LogP contribution in [0.15, 0.2) is 35.3 Å². The average molecular weight is 464 g/mol. The number of esters is 1. The average Bonchev–Trinajstić information content (AvgIpc) is 3.33. The number of carbonyl (C=O) groups excluding carboxylic acids is 2. The Balaban J connectivity index is 1.83. The van der Waals surface area contributed by atoms with Crippen molar-refractivity contribution in [3.8, 4) is 11.5 Å². The van der Waals surface area contributed by atoms with E-state index in [0.717, 1.165) is 10.8 Å². The third-order valence-corrected chi connectivity index (χ3v) is 5.90. The van der Waals surface area contributed by atoms with Gasteiger partial charge in [0.25, 0.3) is 11.6 Å². The molecule has 2 aromatic carbocycles. The molecule has 0 aliphatic carbocycles. The van der Waals surface area contributed by atoms with Crippen LogP contribution in [-0.4, -0.2) is 35.3 Å². The lowest BCUT2D eigenvalue weighted by molar-refractivity contribution is -0.384. The predicted molar refractivity (Wildman–Crippen MR) is 111 cm³/mol. The van der Waals surface area contributed by atoms with Gasteiger partial charge in [-0.15, -0.1) is 0 Å². The molecule has 0 unspecified atom stereocenters. The number of non-ortho nitro benzene ring substituents is 1. The zero-order valence-electron chi connectivity index (χ0n) is 16.0. The first-order valence-electron chi connectivity index (χ1n) is 8.90. The molecule has 2 heterocycles. The lowest BCUT2D eigenvalue weighted by Crippen LogP contribution is -2.19. The number of hydrogen-bond donors (Lipinski definition) is 0. The first-order valence-corrected chi connectivity index (χ1v) is 10.1. The molecule has 31 heavy (non-hydrogen) atoms. The van der Waals surface area contributed by atoms with Gasteiger partial charge in [0.2, 0.25) is 6.79 Å². The molecule has 1 aliphatic rings. The molecule has 10 nitrogen and oxygen atoms in total. The number of amides is 1. The summed E-state index contributed by atoms with van der Waals surface area (Å²) >= 11 is 7.27. The largest absolute Gasteiger partial charge is 0.469 e. The molecular weight excluding hydrogens is 450 g/mol. The van der Waals surface area contributed by atoms with Gasteiger partial charge in [0.1, 0.15) is 0 Å². The highest BCUT2D eigenvalue weighted by molar-refractivity contribution is 7.16. The Morgan fingerprint density at radius 1 is 1.29 bits per heavy atom. The number of fused-ring (bicyclic) bond motifs is 2. The van der Waals surface area contributed by atoms with Gasteiger partial charge in [-0.05, 0) is 6.07 Å². The van der Waals surface area contributed by atoms with Crippen molar-refractivity contribution in [3.63, 3.8) is 0 Å². The molecule has 0 saturated heterocycles. The summed E-state index contributed by atoms with van der Waals surface area (Å²) in [6, 6.07) is 7.07. The van der Waals surface area contributed by atoms with E-state index in [9.17, 15) is 19.7 Å². The third kappa shape index (κ3) is 4.09. The predicted octanol–water partition coefficient (Wildman–Crippen LogP) is 3.30. The first-order chi connectivity index (χ1) is 14.9. The first kappa shape index (κ1) is 20.8. The number of nitrogens with zero attached hydrogens (tertiary/aromatic N) is 3. The summed E-state index contributed by atoms with van der Waals surface area (Å²) in [6.07, 6.45) is 0.0513. The van der Waals surface area contributed by atoms with Crippen LogP contribution in [0, 0.1) is 10.1 Å². The SMILES string of the molecule is COC(=O)CCn1c(=NC(=O)c2cc([N+](=O)[O-])ccc2Cl)sc2cc3c(cc21)OCO3. The van der Waals surface area contributed by atoms with Gasteiger partial charge in [0, 0.05) is 30.8 Å². The van der Waals surface area contributed by atoms with Crippen LogP contribution in [0.2, 0.25) is 5.02 Å². The quantitative estimate of drug-likeness (QED) is 0.323.